The van der Waals surface area contributed by atoms with Crippen molar-refractivity contribution in [1.29, 1.82) is 0 Å². The third-order valence-corrected chi connectivity index (χ3v) is 3.96. The zero-order valence-corrected chi connectivity index (χ0v) is 12.5. The molecule has 1 aliphatic heterocycles. The SMILES string of the molecule is COc1ccc([C@@H](C)NC(=O)C2CC(C)CCN2)cc1. The quantitative estimate of drug-likeness (QED) is 0.887. The van der Waals surface area contributed by atoms with Crippen molar-refractivity contribution >= 4 is 5.91 Å². The van der Waals surface area contributed by atoms with Crippen molar-refractivity contribution in [3.8, 4) is 5.75 Å². The Morgan fingerprint density at radius 1 is 1.40 bits per heavy atom. The van der Waals surface area contributed by atoms with Crippen LogP contribution < -0.4 is 15.4 Å². The number of methoxy groups -OCH3 is 1. The fraction of sp³-hybridized carbons (Fsp3) is 0.562. The Morgan fingerprint density at radius 3 is 2.70 bits per heavy atom. The lowest BCUT2D eigenvalue weighted by atomic mass is 9.93. The van der Waals surface area contributed by atoms with Gasteiger partial charge in [-0.3, -0.25) is 4.79 Å². The van der Waals surface area contributed by atoms with Gasteiger partial charge in [-0.2, -0.15) is 0 Å². The van der Waals surface area contributed by atoms with E-state index >= 15 is 0 Å². The van der Waals surface area contributed by atoms with E-state index in [1.165, 1.54) is 0 Å². The van der Waals surface area contributed by atoms with Crippen molar-refractivity contribution in [2.24, 2.45) is 5.92 Å². The van der Waals surface area contributed by atoms with Gasteiger partial charge in [0.1, 0.15) is 5.75 Å². The Labute approximate surface area is 120 Å². The minimum absolute atomic E-state index is 0.00689. The van der Waals surface area contributed by atoms with Crippen molar-refractivity contribution in [3.05, 3.63) is 29.8 Å². The van der Waals surface area contributed by atoms with Crippen LogP contribution in [0.1, 0.15) is 38.3 Å². The first-order valence-electron chi connectivity index (χ1n) is 7.28. The summed E-state index contributed by atoms with van der Waals surface area (Å²) in [7, 11) is 1.65. The lowest BCUT2D eigenvalue weighted by molar-refractivity contribution is -0.124. The van der Waals surface area contributed by atoms with Crippen LogP contribution in [0.3, 0.4) is 0 Å². The molecule has 4 nitrogen and oxygen atoms in total. The summed E-state index contributed by atoms with van der Waals surface area (Å²) in [6, 6.07) is 7.76. The van der Waals surface area contributed by atoms with E-state index in [0.29, 0.717) is 5.92 Å². The van der Waals surface area contributed by atoms with Crippen molar-refractivity contribution in [2.45, 2.75) is 38.8 Å². The molecular weight excluding hydrogens is 252 g/mol. The van der Waals surface area contributed by atoms with Crippen LogP contribution in [0.25, 0.3) is 0 Å². The highest BCUT2D eigenvalue weighted by molar-refractivity contribution is 5.82. The van der Waals surface area contributed by atoms with Crippen LogP contribution in [-0.2, 0) is 4.79 Å². The molecule has 2 N–H and O–H groups in total. The summed E-state index contributed by atoms with van der Waals surface area (Å²) in [6.07, 6.45) is 2.07. The molecule has 4 heteroatoms. The Hall–Kier alpha value is -1.55. The predicted molar refractivity (Wildman–Crippen MR) is 79.7 cm³/mol. The molecule has 0 bridgehead atoms. The number of piperidine rings is 1. The summed E-state index contributed by atoms with van der Waals surface area (Å²) in [5.74, 6) is 1.54. The monoisotopic (exact) mass is 276 g/mol. The van der Waals surface area contributed by atoms with Gasteiger partial charge in [0.15, 0.2) is 0 Å². The summed E-state index contributed by atoms with van der Waals surface area (Å²) in [5, 5.41) is 6.37. The van der Waals surface area contributed by atoms with Crippen LogP contribution in [0.2, 0.25) is 0 Å². The minimum atomic E-state index is -0.0561. The van der Waals surface area contributed by atoms with E-state index in [0.717, 1.165) is 30.7 Å². The minimum Gasteiger partial charge on any atom is -0.497 e. The van der Waals surface area contributed by atoms with Crippen molar-refractivity contribution in [3.63, 3.8) is 0 Å². The molecule has 1 fully saturated rings. The second kappa shape index (κ2) is 6.75. The highest BCUT2D eigenvalue weighted by Gasteiger charge is 2.25. The molecule has 1 saturated heterocycles. The molecule has 20 heavy (non-hydrogen) atoms. The largest absolute Gasteiger partial charge is 0.497 e. The molecule has 3 atom stereocenters. The van der Waals surface area contributed by atoms with E-state index in [4.69, 9.17) is 4.74 Å². The molecule has 1 aromatic rings. The first-order valence-corrected chi connectivity index (χ1v) is 7.28. The van der Waals surface area contributed by atoms with Gasteiger partial charge in [0.25, 0.3) is 0 Å². The zero-order chi connectivity index (χ0) is 14.5. The van der Waals surface area contributed by atoms with Gasteiger partial charge < -0.3 is 15.4 Å². The zero-order valence-electron chi connectivity index (χ0n) is 12.5. The van der Waals surface area contributed by atoms with Crippen LogP contribution in [0.15, 0.2) is 24.3 Å². The van der Waals surface area contributed by atoms with Crippen molar-refractivity contribution in [1.82, 2.24) is 10.6 Å². The van der Waals surface area contributed by atoms with E-state index in [1.807, 2.05) is 31.2 Å². The fourth-order valence-electron chi connectivity index (χ4n) is 2.60. The summed E-state index contributed by atoms with van der Waals surface area (Å²) in [5.41, 5.74) is 1.09. The second-order valence-electron chi connectivity index (χ2n) is 5.64. The lowest BCUT2D eigenvalue weighted by Crippen LogP contribution is -2.48. The standard InChI is InChI=1S/C16H24N2O2/c1-11-8-9-17-15(10-11)16(19)18-12(2)13-4-6-14(20-3)7-5-13/h4-7,11-12,15,17H,8-10H2,1-3H3,(H,18,19)/t11?,12-,15?/m1/s1. The Balaban J connectivity index is 1.92. The smallest absolute Gasteiger partial charge is 0.237 e. The first-order chi connectivity index (χ1) is 9.60. The number of rotatable bonds is 4. The van der Waals surface area contributed by atoms with Gasteiger partial charge in [-0.25, -0.2) is 0 Å². The van der Waals surface area contributed by atoms with E-state index in [-0.39, 0.29) is 18.0 Å². The molecule has 0 aromatic heterocycles. The van der Waals surface area contributed by atoms with Gasteiger partial charge in [0.2, 0.25) is 5.91 Å². The van der Waals surface area contributed by atoms with Gasteiger partial charge in [0.05, 0.1) is 19.2 Å². The topological polar surface area (TPSA) is 50.4 Å². The van der Waals surface area contributed by atoms with Crippen LogP contribution in [0.5, 0.6) is 5.75 Å². The molecule has 2 rings (SSSR count). The van der Waals surface area contributed by atoms with Gasteiger partial charge in [-0.1, -0.05) is 19.1 Å². The van der Waals surface area contributed by atoms with E-state index < -0.39 is 0 Å². The molecule has 0 spiro atoms. The molecular formula is C16H24N2O2. The van der Waals surface area contributed by atoms with Gasteiger partial charge >= 0.3 is 0 Å². The highest BCUT2D eigenvalue weighted by Crippen LogP contribution is 2.19. The Bertz CT molecular complexity index is 444. The number of carbonyl (C=O) groups excluding carboxylic acids is 1. The second-order valence-corrected chi connectivity index (χ2v) is 5.64. The van der Waals surface area contributed by atoms with Gasteiger partial charge in [-0.15, -0.1) is 0 Å². The maximum atomic E-state index is 12.3. The number of hydrogen-bond acceptors (Lipinski definition) is 3. The fourth-order valence-corrected chi connectivity index (χ4v) is 2.60. The van der Waals surface area contributed by atoms with Gasteiger partial charge in [-0.05, 0) is 49.9 Å². The number of nitrogens with one attached hydrogen (secondary N) is 2. The molecule has 1 heterocycles. The molecule has 0 aliphatic carbocycles. The van der Waals surface area contributed by atoms with Crippen LogP contribution in [0.4, 0.5) is 0 Å². The maximum absolute atomic E-state index is 12.3. The maximum Gasteiger partial charge on any atom is 0.237 e. The summed E-state index contributed by atoms with van der Waals surface area (Å²) < 4.78 is 5.14. The third kappa shape index (κ3) is 3.73. The van der Waals surface area contributed by atoms with Crippen molar-refractivity contribution < 1.29 is 9.53 Å². The number of ether oxygens (including phenoxy) is 1. The van der Waals surface area contributed by atoms with Crippen LogP contribution in [-0.4, -0.2) is 25.6 Å². The first kappa shape index (κ1) is 14.9. The molecule has 0 radical (unpaired) electrons. The number of carbonyl (C=O) groups is 1. The van der Waals surface area contributed by atoms with Gasteiger partial charge in [0, 0.05) is 0 Å². The van der Waals surface area contributed by atoms with Crippen molar-refractivity contribution in [2.75, 3.05) is 13.7 Å². The summed E-state index contributed by atoms with van der Waals surface area (Å²) in [4.78, 5) is 12.3. The number of amides is 1. The molecule has 110 valence electrons. The van der Waals surface area contributed by atoms with Crippen LogP contribution >= 0.6 is 0 Å². The molecule has 1 aromatic carbocycles. The Morgan fingerprint density at radius 2 is 2.10 bits per heavy atom. The normalized spacial score (nSPS) is 23.9. The molecule has 2 unspecified atom stereocenters. The van der Waals surface area contributed by atoms with E-state index in [2.05, 4.69) is 17.6 Å². The average molecular weight is 276 g/mol. The third-order valence-electron chi connectivity index (χ3n) is 3.96. The number of hydrogen-bond donors (Lipinski definition) is 2. The molecule has 1 amide bonds. The molecule has 0 saturated carbocycles. The molecule has 1 aliphatic rings. The summed E-state index contributed by atoms with van der Waals surface area (Å²) >= 11 is 0. The summed E-state index contributed by atoms with van der Waals surface area (Å²) in [6.45, 7) is 5.14. The average Bonchev–Trinajstić information content (AvgIpc) is 2.47. The Kier molecular flexibility index (Phi) is 5.01. The van der Waals surface area contributed by atoms with Crippen LogP contribution in [0, 0.1) is 5.92 Å². The predicted octanol–water partition coefficient (Wildman–Crippen LogP) is 2.26. The number of benzene rings is 1. The van der Waals surface area contributed by atoms with E-state index in [1.54, 1.807) is 7.11 Å². The lowest BCUT2D eigenvalue weighted by Gasteiger charge is -2.28. The highest BCUT2D eigenvalue weighted by atomic mass is 16.5. The van der Waals surface area contributed by atoms with E-state index in [9.17, 15) is 4.79 Å².